The second-order valence-electron chi connectivity index (χ2n) is 4.56. The maximum absolute atomic E-state index is 11.4. The third-order valence-corrected chi connectivity index (χ3v) is 3.04. The van der Waals surface area contributed by atoms with Gasteiger partial charge in [-0.25, -0.2) is 9.78 Å². The minimum Gasteiger partial charge on any atom is -0.439 e. The second kappa shape index (κ2) is 5.20. The Morgan fingerprint density at radius 1 is 1.19 bits per heavy atom. The SMILES string of the molecule is Cc1cc(=O)oc2cc(Oc3ccc(C=O)cn3)ccc12. The van der Waals surface area contributed by atoms with E-state index in [4.69, 9.17) is 9.15 Å². The van der Waals surface area contributed by atoms with Crippen molar-refractivity contribution in [1.29, 1.82) is 0 Å². The molecule has 0 fully saturated rings. The van der Waals surface area contributed by atoms with Crippen LogP contribution in [0.2, 0.25) is 0 Å². The predicted octanol–water partition coefficient (Wildman–Crippen LogP) is 3.10. The van der Waals surface area contributed by atoms with Crippen molar-refractivity contribution in [2.75, 3.05) is 0 Å². The van der Waals surface area contributed by atoms with E-state index in [-0.39, 0.29) is 0 Å². The van der Waals surface area contributed by atoms with Crippen LogP contribution in [-0.4, -0.2) is 11.3 Å². The molecule has 0 amide bonds. The molecule has 0 spiro atoms. The van der Waals surface area contributed by atoms with Crippen LogP contribution in [0.5, 0.6) is 11.6 Å². The molecule has 2 heterocycles. The van der Waals surface area contributed by atoms with Crippen LogP contribution in [0.4, 0.5) is 0 Å². The Bertz CT molecular complexity index is 866. The van der Waals surface area contributed by atoms with Crippen molar-refractivity contribution in [1.82, 2.24) is 4.98 Å². The Labute approximate surface area is 119 Å². The van der Waals surface area contributed by atoms with Crippen molar-refractivity contribution >= 4 is 17.3 Å². The van der Waals surface area contributed by atoms with Crippen LogP contribution >= 0.6 is 0 Å². The van der Waals surface area contributed by atoms with Crippen LogP contribution in [0.1, 0.15) is 15.9 Å². The van der Waals surface area contributed by atoms with Crippen LogP contribution in [0, 0.1) is 6.92 Å². The summed E-state index contributed by atoms with van der Waals surface area (Å²) in [6.07, 6.45) is 2.14. The number of carbonyl (C=O) groups is 1. The smallest absolute Gasteiger partial charge is 0.336 e. The van der Waals surface area contributed by atoms with E-state index in [9.17, 15) is 9.59 Å². The molecule has 0 saturated carbocycles. The Hall–Kier alpha value is -2.95. The number of benzene rings is 1. The van der Waals surface area contributed by atoms with E-state index in [2.05, 4.69) is 4.98 Å². The quantitative estimate of drug-likeness (QED) is 0.545. The number of rotatable bonds is 3. The van der Waals surface area contributed by atoms with E-state index in [0.29, 0.717) is 29.1 Å². The molecule has 0 aliphatic carbocycles. The first kappa shape index (κ1) is 13.1. The number of fused-ring (bicyclic) bond motifs is 1. The van der Waals surface area contributed by atoms with Crippen molar-refractivity contribution < 1.29 is 13.9 Å². The number of aldehydes is 1. The molecule has 0 radical (unpaired) electrons. The molecule has 5 nitrogen and oxygen atoms in total. The Morgan fingerprint density at radius 3 is 2.76 bits per heavy atom. The summed E-state index contributed by atoms with van der Waals surface area (Å²) in [6.45, 7) is 1.85. The number of hydrogen-bond donors (Lipinski definition) is 0. The summed E-state index contributed by atoms with van der Waals surface area (Å²) in [6, 6.07) is 9.88. The Kier molecular flexibility index (Phi) is 3.23. The molecule has 0 N–H and O–H groups in total. The highest BCUT2D eigenvalue weighted by Gasteiger charge is 2.05. The van der Waals surface area contributed by atoms with Gasteiger partial charge in [0.15, 0.2) is 6.29 Å². The lowest BCUT2D eigenvalue weighted by Crippen LogP contribution is -1.98. The number of carbonyl (C=O) groups excluding carboxylic acids is 1. The monoisotopic (exact) mass is 281 g/mol. The fourth-order valence-electron chi connectivity index (χ4n) is 2.01. The van der Waals surface area contributed by atoms with Crippen molar-refractivity contribution in [2.24, 2.45) is 0 Å². The number of aryl methyl sites for hydroxylation is 1. The fraction of sp³-hybridized carbons (Fsp3) is 0.0625. The molecule has 0 saturated heterocycles. The zero-order valence-corrected chi connectivity index (χ0v) is 11.2. The molecule has 0 aliphatic rings. The average molecular weight is 281 g/mol. The molecule has 0 bridgehead atoms. The van der Waals surface area contributed by atoms with Gasteiger partial charge in [-0.05, 0) is 30.7 Å². The number of pyridine rings is 1. The van der Waals surface area contributed by atoms with Gasteiger partial charge in [-0.1, -0.05) is 0 Å². The zero-order valence-electron chi connectivity index (χ0n) is 11.2. The van der Waals surface area contributed by atoms with Crippen LogP contribution in [-0.2, 0) is 0 Å². The van der Waals surface area contributed by atoms with Gasteiger partial charge in [0.25, 0.3) is 0 Å². The molecular formula is C16H11NO4. The van der Waals surface area contributed by atoms with Gasteiger partial charge >= 0.3 is 5.63 Å². The van der Waals surface area contributed by atoms with Crippen LogP contribution < -0.4 is 10.4 Å². The number of aromatic nitrogens is 1. The molecule has 3 rings (SSSR count). The summed E-state index contributed by atoms with van der Waals surface area (Å²) in [5.74, 6) is 0.859. The van der Waals surface area contributed by atoms with Gasteiger partial charge in [0.05, 0.1) is 0 Å². The molecule has 0 atom stereocenters. The molecule has 2 aromatic heterocycles. The standard InChI is InChI=1S/C16H11NO4/c1-10-6-16(19)21-14-7-12(3-4-13(10)14)20-15-5-2-11(9-18)8-17-15/h2-9H,1H3. The summed E-state index contributed by atoms with van der Waals surface area (Å²) in [4.78, 5) is 26.0. The van der Waals surface area contributed by atoms with Crippen LogP contribution in [0.25, 0.3) is 11.0 Å². The normalized spacial score (nSPS) is 10.5. The number of ether oxygens (including phenoxy) is 1. The number of hydrogen-bond acceptors (Lipinski definition) is 5. The van der Waals surface area contributed by atoms with Crippen molar-refractivity contribution in [3.63, 3.8) is 0 Å². The molecule has 21 heavy (non-hydrogen) atoms. The third-order valence-electron chi connectivity index (χ3n) is 3.04. The number of nitrogens with zero attached hydrogens (tertiary/aromatic N) is 1. The fourth-order valence-corrected chi connectivity index (χ4v) is 2.01. The van der Waals surface area contributed by atoms with E-state index in [1.807, 2.05) is 13.0 Å². The first-order valence-electron chi connectivity index (χ1n) is 6.29. The summed E-state index contributed by atoms with van der Waals surface area (Å²) < 4.78 is 10.7. The third kappa shape index (κ3) is 2.67. The molecule has 0 unspecified atom stereocenters. The minimum absolute atomic E-state index is 0.356. The first-order chi connectivity index (χ1) is 10.2. The largest absolute Gasteiger partial charge is 0.439 e. The maximum atomic E-state index is 11.4. The maximum Gasteiger partial charge on any atom is 0.336 e. The van der Waals surface area contributed by atoms with Gasteiger partial charge in [-0.2, -0.15) is 0 Å². The molecule has 1 aromatic carbocycles. The Morgan fingerprint density at radius 2 is 2.05 bits per heavy atom. The van der Waals surface area contributed by atoms with E-state index >= 15 is 0 Å². The van der Waals surface area contributed by atoms with Crippen molar-refractivity contribution in [2.45, 2.75) is 6.92 Å². The van der Waals surface area contributed by atoms with Crippen molar-refractivity contribution in [3.05, 3.63) is 64.1 Å². The predicted molar refractivity (Wildman–Crippen MR) is 76.9 cm³/mol. The van der Waals surface area contributed by atoms with E-state index < -0.39 is 5.63 Å². The topological polar surface area (TPSA) is 69.4 Å². The second-order valence-corrected chi connectivity index (χ2v) is 4.56. The van der Waals surface area contributed by atoms with Crippen molar-refractivity contribution in [3.8, 4) is 11.6 Å². The van der Waals surface area contributed by atoms with Gasteiger partial charge in [0.2, 0.25) is 5.88 Å². The van der Waals surface area contributed by atoms with Gasteiger partial charge in [0, 0.05) is 35.3 Å². The average Bonchev–Trinajstić information content (AvgIpc) is 2.47. The van der Waals surface area contributed by atoms with Gasteiger partial charge < -0.3 is 9.15 Å². The lowest BCUT2D eigenvalue weighted by molar-refractivity contribution is 0.112. The summed E-state index contributed by atoms with van der Waals surface area (Å²) in [5.41, 5.74) is 1.39. The zero-order chi connectivity index (χ0) is 14.8. The lowest BCUT2D eigenvalue weighted by Gasteiger charge is -2.06. The summed E-state index contributed by atoms with van der Waals surface area (Å²) >= 11 is 0. The molecule has 3 aromatic rings. The Balaban J connectivity index is 1.96. The van der Waals surface area contributed by atoms with E-state index in [1.165, 1.54) is 12.3 Å². The molecule has 5 heteroatoms. The minimum atomic E-state index is -0.398. The van der Waals surface area contributed by atoms with Crippen LogP contribution in [0.3, 0.4) is 0 Å². The summed E-state index contributed by atoms with van der Waals surface area (Å²) in [7, 11) is 0. The summed E-state index contributed by atoms with van der Waals surface area (Å²) in [5, 5.41) is 0.853. The molecule has 0 aliphatic heterocycles. The van der Waals surface area contributed by atoms with Crippen LogP contribution in [0.15, 0.2) is 51.8 Å². The molecule has 104 valence electrons. The highest BCUT2D eigenvalue weighted by Crippen LogP contribution is 2.25. The van der Waals surface area contributed by atoms with E-state index in [0.717, 1.165) is 10.9 Å². The van der Waals surface area contributed by atoms with Gasteiger partial charge in [-0.3, -0.25) is 4.79 Å². The highest BCUT2D eigenvalue weighted by atomic mass is 16.5. The van der Waals surface area contributed by atoms with Gasteiger partial charge in [-0.15, -0.1) is 0 Å². The molecular weight excluding hydrogens is 270 g/mol. The van der Waals surface area contributed by atoms with Gasteiger partial charge in [0.1, 0.15) is 11.3 Å². The highest BCUT2D eigenvalue weighted by molar-refractivity contribution is 5.81. The lowest BCUT2D eigenvalue weighted by atomic mass is 10.1. The van der Waals surface area contributed by atoms with E-state index in [1.54, 1.807) is 24.3 Å². The first-order valence-corrected chi connectivity index (χ1v) is 6.29.